The first-order chi connectivity index (χ1) is 36.3. The number of anilines is 1. The van der Waals surface area contributed by atoms with Gasteiger partial charge in [-0.05, 0) is 97.4 Å². The molecule has 6 aromatic rings. The fraction of sp³-hybridized carbons (Fsp3) is 0.466. The van der Waals surface area contributed by atoms with Crippen LogP contribution >= 0.6 is 11.3 Å². The van der Waals surface area contributed by atoms with Crippen LogP contribution in [0.25, 0.3) is 21.3 Å². The van der Waals surface area contributed by atoms with Gasteiger partial charge < -0.3 is 35.8 Å². The number of benzene rings is 3. The summed E-state index contributed by atoms with van der Waals surface area (Å²) in [7, 11) is 0. The smallest absolute Gasteiger partial charge is 0.246 e. The van der Waals surface area contributed by atoms with Gasteiger partial charge in [-0.25, -0.2) is 4.98 Å². The zero-order valence-electron chi connectivity index (χ0n) is 44.6. The number of aryl methyl sites for hydroxylation is 4. The number of rotatable bonds is 17. The van der Waals surface area contributed by atoms with Gasteiger partial charge in [0.2, 0.25) is 23.6 Å². The van der Waals surface area contributed by atoms with Crippen molar-refractivity contribution in [1.82, 2.24) is 45.8 Å². The molecular weight excluding hydrogens is 979 g/mol. The van der Waals surface area contributed by atoms with E-state index >= 15 is 0 Å². The van der Waals surface area contributed by atoms with Gasteiger partial charge >= 0.3 is 0 Å². The van der Waals surface area contributed by atoms with Crippen molar-refractivity contribution >= 4 is 57.3 Å². The van der Waals surface area contributed by atoms with E-state index in [-0.39, 0.29) is 55.5 Å². The van der Waals surface area contributed by atoms with Crippen LogP contribution in [0.15, 0.2) is 66.3 Å². The fourth-order valence-electron chi connectivity index (χ4n) is 11.1. The molecule has 398 valence electrons. The molecule has 76 heavy (non-hydrogen) atoms. The molecule has 18 heteroatoms. The summed E-state index contributed by atoms with van der Waals surface area (Å²) in [5, 5.41) is 38.7. The zero-order valence-corrected chi connectivity index (χ0v) is 45.4. The Balaban J connectivity index is 0.703. The van der Waals surface area contributed by atoms with Crippen molar-refractivity contribution in [3.63, 3.8) is 0 Å². The number of carbonyl (C=O) groups is 5. The van der Waals surface area contributed by atoms with E-state index in [0.717, 1.165) is 98.7 Å². The molecule has 0 spiro atoms. The summed E-state index contributed by atoms with van der Waals surface area (Å²) in [6.45, 7) is 16.2. The largest absolute Gasteiger partial charge is 0.391 e. The number of aliphatic hydroxyl groups excluding tert-OH is 1. The van der Waals surface area contributed by atoms with Crippen LogP contribution in [0.5, 0.6) is 0 Å². The average Bonchev–Trinajstić information content (AvgIpc) is 4.24. The predicted molar refractivity (Wildman–Crippen MR) is 292 cm³/mol. The number of amides is 4. The number of H-pyrrole nitrogens is 1. The lowest BCUT2D eigenvalue weighted by Gasteiger charge is -2.38. The standard InChI is InChI=1S/C58H69N11O6S/c1-8-37-26-43-44(58(6,7)53-50(51(43)73)42-19-16-36(29-59)25-45(42)63-53)28-46(37)67-23-20-39(21-24-67)62-48(71)12-9-11-40-31-68(66-65-40)22-10-13-49(72)64-54(57(3,4)5)56(75)69-32-41(70)27-47(69)55(74)60-30-35-14-17-38(18-15-35)52-34(2)61-33-76-52/h14-19,25-26,28,31,33,39,41,47,54,63,70H,8-13,20-24,27,30,32H2,1-7H3,(H,60,74)(H,62,71)(H,64,72)/t41-,47+,54?/m1/s1. The number of likely N-dealkylation sites (tertiary alicyclic amines) is 1. The van der Waals surface area contributed by atoms with Gasteiger partial charge in [-0.15, -0.1) is 16.4 Å². The third kappa shape index (κ3) is 11.3. The summed E-state index contributed by atoms with van der Waals surface area (Å²) in [6, 6.07) is 18.1. The molecule has 3 aromatic heterocycles. The van der Waals surface area contributed by atoms with E-state index in [2.05, 4.69) is 80.1 Å². The van der Waals surface area contributed by atoms with Gasteiger partial charge in [-0.3, -0.25) is 28.7 Å². The first-order valence-electron chi connectivity index (χ1n) is 26.6. The molecule has 0 radical (unpaired) electrons. The maximum absolute atomic E-state index is 14.1. The van der Waals surface area contributed by atoms with E-state index in [1.807, 2.05) is 75.8 Å². The van der Waals surface area contributed by atoms with E-state index in [1.54, 1.807) is 22.1 Å². The number of ketones is 1. The van der Waals surface area contributed by atoms with Gasteiger partial charge in [0, 0.05) is 97.5 Å². The summed E-state index contributed by atoms with van der Waals surface area (Å²) in [4.78, 5) is 81.0. The highest BCUT2D eigenvalue weighted by atomic mass is 32.1. The van der Waals surface area contributed by atoms with Crippen LogP contribution in [0.4, 0.5) is 5.69 Å². The number of aliphatic hydroxyl groups is 1. The Morgan fingerprint density at radius 1 is 1.01 bits per heavy atom. The summed E-state index contributed by atoms with van der Waals surface area (Å²) >= 11 is 1.57. The molecule has 3 atom stereocenters. The van der Waals surface area contributed by atoms with E-state index in [4.69, 9.17) is 0 Å². The minimum absolute atomic E-state index is 0.00293. The molecule has 2 saturated heterocycles. The Bertz CT molecular complexity index is 3210. The molecule has 4 amide bonds. The summed E-state index contributed by atoms with van der Waals surface area (Å²) in [5.41, 5.74) is 11.2. The Morgan fingerprint density at radius 3 is 2.46 bits per heavy atom. The molecule has 5 N–H and O–H groups in total. The average molecular weight is 1050 g/mol. The highest BCUT2D eigenvalue weighted by Crippen LogP contribution is 2.46. The maximum atomic E-state index is 14.1. The second kappa shape index (κ2) is 22.2. The third-order valence-corrected chi connectivity index (χ3v) is 16.4. The number of piperidine rings is 1. The van der Waals surface area contributed by atoms with Crippen molar-refractivity contribution in [2.24, 2.45) is 5.41 Å². The second-order valence-electron chi connectivity index (χ2n) is 22.3. The van der Waals surface area contributed by atoms with E-state index in [9.17, 15) is 34.3 Å². The van der Waals surface area contributed by atoms with Crippen LogP contribution in [0, 0.1) is 23.7 Å². The quantitative estimate of drug-likeness (QED) is 0.0614. The number of carbonyl (C=O) groups excluding carboxylic acids is 5. The van der Waals surface area contributed by atoms with Crippen LogP contribution in [-0.2, 0) is 50.5 Å². The van der Waals surface area contributed by atoms with E-state index in [1.165, 1.54) is 4.90 Å². The summed E-state index contributed by atoms with van der Waals surface area (Å²) < 4.78 is 1.69. The fourth-order valence-corrected chi connectivity index (χ4v) is 11.9. The van der Waals surface area contributed by atoms with Crippen molar-refractivity contribution in [3.8, 4) is 16.5 Å². The lowest BCUT2D eigenvalue weighted by molar-refractivity contribution is -0.144. The van der Waals surface area contributed by atoms with E-state index < -0.39 is 34.9 Å². The number of nitriles is 1. The molecule has 0 saturated carbocycles. The van der Waals surface area contributed by atoms with Crippen LogP contribution in [0.2, 0.25) is 0 Å². The molecule has 3 aliphatic rings. The van der Waals surface area contributed by atoms with Crippen molar-refractivity contribution < 1.29 is 29.1 Å². The van der Waals surface area contributed by atoms with E-state index in [0.29, 0.717) is 43.4 Å². The third-order valence-electron chi connectivity index (χ3n) is 15.4. The van der Waals surface area contributed by atoms with Crippen LogP contribution in [0.1, 0.15) is 142 Å². The lowest BCUT2D eigenvalue weighted by Crippen LogP contribution is -2.57. The van der Waals surface area contributed by atoms with Crippen molar-refractivity contribution in [1.29, 1.82) is 5.26 Å². The molecule has 2 aliphatic heterocycles. The number of aromatic amines is 1. The molecule has 3 aromatic carbocycles. The Hall–Kier alpha value is -7.23. The normalized spacial score (nSPS) is 17.8. The summed E-state index contributed by atoms with van der Waals surface area (Å²) in [5.74, 6) is -1.08. The van der Waals surface area contributed by atoms with Crippen LogP contribution < -0.4 is 20.9 Å². The van der Waals surface area contributed by atoms with Gasteiger partial charge in [0.05, 0.1) is 45.1 Å². The van der Waals surface area contributed by atoms with Gasteiger partial charge in [0.25, 0.3) is 0 Å². The highest BCUT2D eigenvalue weighted by molar-refractivity contribution is 7.13. The molecule has 1 unspecified atom stereocenters. The van der Waals surface area contributed by atoms with Gasteiger partial charge in [-0.2, -0.15) is 5.26 Å². The molecule has 1 aliphatic carbocycles. The topological polar surface area (TPSA) is 231 Å². The number of aromatic nitrogens is 5. The van der Waals surface area contributed by atoms with Crippen LogP contribution in [0.3, 0.4) is 0 Å². The Morgan fingerprint density at radius 2 is 1.76 bits per heavy atom. The van der Waals surface area contributed by atoms with Gasteiger partial charge in [0.1, 0.15) is 12.1 Å². The van der Waals surface area contributed by atoms with Gasteiger partial charge in [0.15, 0.2) is 5.78 Å². The monoisotopic (exact) mass is 1050 g/mol. The first-order valence-corrected chi connectivity index (χ1v) is 27.5. The highest BCUT2D eigenvalue weighted by Gasteiger charge is 2.45. The Labute approximate surface area is 447 Å². The second-order valence-corrected chi connectivity index (χ2v) is 23.1. The molecule has 9 rings (SSSR count). The molecule has 2 fully saturated rings. The minimum Gasteiger partial charge on any atom is -0.391 e. The number of nitrogens with one attached hydrogen (secondary N) is 4. The number of hydrogen-bond acceptors (Lipinski definition) is 12. The number of β-amino-alcohol motifs (C(OH)–C–C–N with tert-alkyl or cyclic N) is 1. The van der Waals surface area contributed by atoms with Crippen molar-refractivity contribution in [2.45, 2.75) is 149 Å². The molecule has 0 bridgehead atoms. The Kier molecular flexibility index (Phi) is 15.6. The van der Waals surface area contributed by atoms with Crippen LogP contribution in [-0.4, -0.2) is 108 Å². The number of nitrogens with zero attached hydrogens (tertiary/aromatic N) is 7. The molecular formula is C58H69N11O6S. The minimum atomic E-state index is -0.929. The number of fused-ring (bicyclic) bond motifs is 4. The zero-order chi connectivity index (χ0) is 54.1. The molecule has 5 heterocycles. The van der Waals surface area contributed by atoms with Crippen molar-refractivity contribution in [2.75, 3.05) is 24.5 Å². The number of thiazole rings is 1. The van der Waals surface area contributed by atoms with Crippen molar-refractivity contribution in [3.05, 3.63) is 117 Å². The lowest BCUT2D eigenvalue weighted by atomic mass is 9.70. The SMILES string of the molecule is CCc1cc2c(cc1N1CCC(NC(=O)CCCc3cn(CCCC(=O)NC(C(=O)N4C[C@H](O)C[C@H]4C(=O)NCc4ccc(-c5scnc5C)cc4)C(C)(C)C)nn3)CC1)C(C)(C)c1[nH]c3cc(C#N)ccc3c1C2=O. The maximum Gasteiger partial charge on any atom is 0.246 e. The molecule has 17 nitrogen and oxygen atoms in total. The summed E-state index contributed by atoms with van der Waals surface area (Å²) in [6.07, 6.45) is 5.55. The number of hydrogen-bond donors (Lipinski definition) is 5. The van der Waals surface area contributed by atoms with Gasteiger partial charge in [-0.1, -0.05) is 77.1 Å². The predicted octanol–water partition coefficient (Wildman–Crippen LogP) is 7.19. The first kappa shape index (κ1) is 53.6.